The minimum atomic E-state index is 0. The van der Waals surface area contributed by atoms with Gasteiger partial charge in [0.05, 0.1) is 12.5 Å². The molecule has 0 saturated carbocycles. The summed E-state index contributed by atoms with van der Waals surface area (Å²) in [5.41, 5.74) is 1.01. The lowest BCUT2D eigenvalue weighted by molar-refractivity contribution is 1.26. The molecule has 0 aliphatic carbocycles. The number of rotatable bonds is 1. The van der Waals surface area contributed by atoms with Crippen molar-refractivity contribution < 1.29 is 0 Å². The van der Waals surface area contributed by atoms with Gasteiger partial charge in [-0.15, -0.1) is 0 Å². The van der Waals surface area contributed by atoms with E-state index in [-0.39, 0.29) is 6.15 Å². The van der Waals surface area contributed by atoms with Gasteiger partial charge in [0.1, 0.15) is 0 Å². The van der Waals surface area contributed by atoms with Crippen LogP contribution in [0.3, 0.4) is 0 Å². The Bertz CT molecular complexity index is 248. The molecule has 0 saturated heterocycles. The highest BCUT2D eigenvalue weighted by Crippen LogP contribution is 2.09. The van der Waals surface area contributed by atoms with Gasteiger partial charge in [-0.2, -0.15) is 5.26 Å². The van der Waals surface area contributed by atoms with E-state index in [1.165, 1.54) is 0 Å². The Morgan fingerprint density at radius 3 is 2.27 bits per heavy atom. The van der Waals surface area contributed by atoms with E-state index < -0.39 is 0 Å². The van der Waals surface area contributed by atoms with E-state index >= 15 is 0 Å². The summed E-state index contributed by atoms with van der Waals surface area (Å²) >= 11 is 5.63. The van der Waals surface area contributed by atoms with Gasteiger partial charge in [0.15, 0.2) is 0 Å². The highest BCUT2D eigenvalue weighted by molar-refractivity contribution is 6.30. The molecule has 1 aromatic carbocycles. The smallest absolute Gasteiger partial charge is 0.0669 e. The molecule has 1 rings (SSSR count). The topological polar surface area (TPSA) is 58.8 Å². The lowest BCUT2D eigenvalue weighted by Gasteiger charge is -1.91. The van der Waals surface area contributed by atoms with Crippen molar-refractivity contribution in [3.8, 4) is 6.07 Å². The van der Waals surface area contributed by atoms with Crippen LogP contribution in [0.1, 0.15) is 5.56 Å². The first-order valence-corrected chi connectivity index (χ1v) is 3.32. The molecule has 0 fully saturated rings. The molecule has 0 bridgehead atoms. The quantitative estimate of drug-likeness (QED) is 0.701. The first kappa shape index (κ1) is 9.96. The standard InChI is InChI=1S/C8H6ClN.H3N/c9-8-3-1-7(2-4-8)5-6-10;/h1-4H,5H2;1H3. The van der Waals surface area contributed by atoms with Crippen LogP contribution < -0.4 is 6.15 Å². The fourth-order valence-electron chi connectivity index (χ4n) is 0.694. The lowest BCUT2D eigenvalue weighted by atomic mass is 10.2. The molecule has 0 heterocycles. The normalized spacial score (nSPS) is 8.00. The van der Waals surface area contributed by atoms with Crippen molar-refractivity contribution in [1.82, 2.24) is 6.15 Å². The van der Waals surface area contributed by atoms with Gasteiger partial charge in [-0.3, -0.25) is 0 Å². The van der Waals surface area contributed by atoms with Gasteiger partial charge in [0.2, 0.25) is 0 Å². The van der Waals surface area contributed by atoms with E-state index in [1.54, 1.807) is 12.1 Å². The monoisotopic (exact) mass is 168 g/mol. The molecule has 0 spiro atoms. The van der Waals surface area contributed by atoms with Gasteiger partial charge in [-0.25, -0.2) is 0 Å². The third-order valence-electron chi connectivity index (χ3n) is 1.20. The van der Waals surface area contributed by atoms with Crippen molar-refractivity contribution in [2.45, 2.75) is 6.42 Å². The molecule has 0 aliphatic heterocycles. The van der Waals surface area contributed by atoms with E-state index in [0.717, 1.165) is 5.56 Å². The van der Waals surface area contributed by atoms with Gasteiger partial charge in [0, 0.05) is 5.02 Å². The Morgan fingerprint density at radius 2 is 1.82 bits per heavy atom. The Kier molecular flexibility index (Phi) is 4.28. The maximum atomic E-state index is 8.31. The Balaban J connectivity index is 0.000001000. The van der Waals surface area contributed by atoms with Gasteiger partial charge in [-0.1, -0.05) is 23.7 Å². The van der Waals surface area contributed by atoms with E-state index in [9.17, 15) is 0 Å². The average Bonchev–Trinajstić information content (AvgIpc) is 1.95. The molecular weight excluding hydrogens is 160 g/mol. The van der Waals surface area contributed by atoms with Gasteiger partial charge >= 0.3 is 0 Å². The molecule has 0 unspecified atom stereocenters. The molecule has 1 aromatic rings. The Morgan fingerprint density at radius 1 is 1.27 bits per heavy atom. The summed E-state index contributed by atoms with van der Waals surface area (Å²) in [6.45, 7) is 0. The SMILES string of the molecule is N.N#CCc1ccc(Cl)cc1. The fraction of sp³-hybridized carbons (Fsp3) is 0.125. The number of hydrogen-bond acceptors (Lipinski definition) is 2. The van der Waals surface area contributed by atoms with Gasteiger partial charge < -0.3 is 6.15 Å². The summed E-state index contributed by atoms with van der Waals surface area (Å²) in [6.07, 6.45) is 0.456. The van der Waals surface area contributed by atoms with E-state index in [1.807, 2.05) is 12.1 Å². The summed E-state index contributed by atoms with van der Waals surface area (Å²) in [5, 5.41) is 9.02. The number of benzene rings is 1. The van der Waals surface area contributed by atoms with E-state index in [2.05, 4.69) is 6.07 Å². The van der Waals surface area contributed by atoms with Crippen LogP contribution in [0.4, 0.5) is 0 Å². The summed E-state index contributed by atoms with van der Waals surface area (Å²) in [5.74, 6) is 0. The molecule has 0 aromatic heterocycles. The predicted molar refractivity (Wildman–Crippen MR) is 45.8 cm³/mol. The number of halogens is 1. The lowest BCUT2D eigenvalue weighted by Crippen LogP contribution is -1.78. The molecule has 0 amide bonds. The second kappa shape index (κ2) is 4.73. The van der Waals surface area contributed by atoms with Crippen LogP contribution >= 0.6 is 11.6 Å². The average molecular weight is 169 g/mol. The molecule has 3 heteroatoms. The van der Waals surface area contributed by atoms with Crippen molar-refractivity contribution in [3.05, 3.63) is 34.9 Å². The molecule has 58 valence electrons. The first-order valence-electron chi connectivity index (χ1n) is 2.94. The highest BCUT2D eigenvalue weighted by Gasteiger charge is 1.89. The number of nitriles is 1. The Hall–Kier alpha value is -1.04. The van der Waals surface area contributed by atoms with Crippen LogP contribution in [0.2, 0.25) is 5.02 Å². The van der Waals surface area contributed by atoms with Crippen molar-refractivity contribution in [2.24, 2.45) is 0 Å². The largest absolute Gasteiger partial charge is 0.344 e. The third-order valence-corrected chi connectivity index (χ3v) is 1.45. The third kappa shape index (κ3) is 3.03. The number of hydrogen-bond donors (Lipinski definition) is 1. The van der Waals surface area contributed by atoms with Crippen molar-refractivity contribution in [1.29, 1.82) is 5.26 Å². The molecule has 0 radical (unpaired) electrons. The highest BCUT2D eigenvalue weighted by atomic mass is 35.5. The zero-order valence-corrected chi connectivity index (χ0v) is 6.80. The second-order valence-electron chi connectivity index (χ2n) is 1.96. The molecular formula is C8H9ClN2. The molecule has 3 N–H and O–H groups in total. The van der Waals surface area contributed by atoms with Crippen LogP contribution in [0.15, 0.2) is 24.3 Å². The summed E-state index contributed by atoms with van der Waals surface area (Å²) in [7, 11) is 0. The van der Waals surface area contributed by atoms with Crippen molar-refractivity contribution in [2.75, 3.05) is 0 Å². The van der Waals surface area contributed by atoms with Crippen LogP contribution in [0.5, 0.6) is 0 Å². The minimum absolute atomic E-state index is 0. The first-order chi connectivity index (χ1) is 4.83. The molecule has 11 heavy (non-hydrogen) atoms. The maximum Gasteiger partial charge on any atom is 0.0669 e. The molecule has 0 atom stereocenters. The van der Waals surface area contributed by atoms with Crippen molar-refractivity contribution >= 4 is 11.6 Å². The van der Waals surface area contributed by atoms with Gasteiger partial charge in [0.25, 0.3) is 0 Å². The molecule has 2 nitrogen and oxygen atoms in total. The van der Waals surface area contributed by atoms with E-state index in [4.69, 9.17) is 16.9 Å². The number of nitrogens with zero attached hydrogens (tertiary/aromatic N) is 1. The van der Waals surface area contributed by atoms with Crippen LogP contribution in [-0.2, 0) is 6.42 Å². The van der Waals surface area contributed by atoms with Gasteiger partial charge in [-0.05, 0) is 17.7 Å². The zero-order chi connectivity index (χ0) is 7.40. The minimum Gasteiger partial charge on any atom is -0.344 e. The summed E-state index contributed by atoms with van der Waals surface area (Å²) in [6, 6.07) is 9.34. The maximum absolute atomic E-state index is 8.31. The predicted octanol–water partition coefficient (Wildman–Crippen LogP) is 2.57. The second-order valence-corrected chi connectivity index (χ2v) is 2.40. The van der Waals surface area contributed by atoms with E-state index in [0.29, 0.717) is 11.4 Å². The fourth-order valence-corrected chi connectivity index (χ4v) is 0.820. The zero-order valence-electron chi connectivity index (χ0n) is 6.05. The van der Waals surface area contributed by atoms with Crippen LogP contribution in [0, 0.1) is 11.3 Å². The summed E-state index contributed by atoms with van der Waals surface area (Å²) < 4.78 is 0. The van der Waals surface area contributed by atoms with Crippen LogP contribution in [0.25, 0.3) is 0 Å². The molecule has 0 aliphatic rings. The summed E-state index contributed by atoms with van der Waals surface area (Å²) in [4.78, 5) is 0. The van der Waals surface area contributed by atoms with Crippen LogP contribution in [-0.4, -0.2) is 0 Å². The Labute approximate surface area is 71.0 Å². The van der Waals surface area contributed by atoms with Crippen molar-refractivity contribution in [3.63, 3.8) is 0 Å².